The number of carboxylic acid groups (broad SMARTS) is 1. The van der Waals surface area contributed by atoms with E-state index in [9.17, 15) is 20.0 Å². The Morgan fingerprint density at radius 3 is 2.23 bits per heavy atom. The lowest BCUT2D eigenvalue weighted by Gasteiger charge is -2.36. The summed E-state index contributed by atoms with van der Waals surface area (Å²) in [5.41, 5.74) is 1.98. The van der Waals surface area contributed by atoms with Crippen molar-refractivity contribution < 1.29 is 29.0 Å². The molecule has 0 saturated carbocycles. The van der Waals surface area contributed by atoms with Crippen LogP contribution in [-0.2, 0) is 32.2 Å². The van der Waals surface area contributed by atoms with Crippen molar-refractivity contribution in [1.29, 1.82) is 0 Å². The van der Waals surface area contributed by atoms with Gasteiger partial charge in [-0.2, -0.15) is 0 Å². The maximum absolute atomic E-state index is 11.4. The SMILES string of the molecule is O=C(O)C([C@@H]1CC[C@H](OCc2ccccc2)[C@@H](COCc2ccccc2)O1)[N+](=O)[O-]. The molecule has 3 rings (SSSR count). The minimum atomic E-state index is -1.81. The fourth-order valence-electron chi connectivity index (χ4n) is 3.49. The van der Waals surface area contributed by atoms with Crippen molar-refractivity contribution in [3.63, 3.8) is 0 Å². The van der Waals surface area contributed by atoms with E-state index < -0.39 is 29.1 Å². The average molecular weight is 415 g/mol. The van der Waals surface area contributed by atoms with Crippen LogP contribution in [0.3, 0.4) is 0 Å². The third-order valence-corrected chi connectivity index (χ3v) is 5.03. The van der Waals surface area contributed by atoms with Gasteiger partial charge in [0.25, 0.3) is 0 Å². The van der Waals surface area contributed by atoms with Gasteiger partial charge >= 0.3 is 12.0 Å². The number of nitro groups is 1. The number of carbonyl (C=O) groups is 1. The summed E-state index contributed by atoms with van der Waals surface area (Å²) in [5.74, 6) is -1.50. The number of nitrogens with zero attached hydrogens (tertiary/aromatic N) is 1. The van der Waals surface area contributed by atoms with E-state index in [1.165, 1.54) is 0 Å². The molecule has 4 atom stereocenters. The molecule has 0 aromatic heterocycles. The molecule has 1 fully saturated rings. The van der Waals surface area contributed by atoms with Crippen LogP contribution in [0.15, 0.2) is 60.7 Å². The molecule has 1 aliphatic rings. The van der Waals surface area contributed by atoms with Crippen LogP contribution >= 0.6 is 0 Å². The number of benzene rings is 2. The van der Waals surface area contributed by atoms with Gasteiger partial charge in [-0.1, -0.05) is 60.7 Å². The zero-order valence-electron chi connectivity index (χ0n) is 16.5. The lowest BCUT2D eigenvalue weighted by Crippen LogP contribution is -2.51. The van der Waals surface area contributed by atoms with E-state index in [4.69, 9.17) is 14.2 Å². The monoisotopic (exact) mass is 415 g/mol. The Bertz CT molecular complexity index is 801. The van der Waals surface area contributed by atoms with Crippen LogP contribution in [-0.4, -0.2) is 47.0 Å². The van der Waals surface area contributed by atoms with Gasteiger partial charge < -0.3 is 19.3 Å². The summed E-state index contributed by atoms with van der Waals surface area (Å²) >= 11 is 0. The molecule has 2 aromatic carbocycles. The zero-order chi connectivity index (χ0) is 21.3. The predicted octanol–water partition coefficient (Wildman–Crippen LogP) is 3.07. The van der Waals surface area contributed by atoms with Gasteiger partial charge in [0.05, 0.1) is 25.9 Å². The summed E-state index contributed by atoms with van der Waals surface area (Å²) in [6.07, 6.45) is -1.29. The van der Waals surface area contributed by atoms with Gasteiger partial charge in [-0.25, -0.2) is 4.79 Å². The van der Waals surface area contributed by atoms with Gasteiger partial charge in [-0.3, -0.25) is 10.1 Å². The van der Waals surface area contributed by atoms with Gasteiger partial charge in [0.2, 0.25) is 0 Å². The highest BCUT2D eigenvalue weighted by molar-refractivity contribution is 5.72. The summed E-state index contributed by atoms with van der Waals surface area (Å²) in [6, 6.07) is 17.4. The maximum atomic E-state index is 11.4. The van der Waals surface area contributed by atoms with E-state index in [2.05, 4.69) is 0 Å². The quantitative estimate of drug-likeness (QED) is 0.469. The van der Waals surface area contributed by atoms with Gasteiger partial charge in [0.1, 0.15) is 12.2 Å². The van der Waals surface area contributed by atoms with Crippen LogP contribution in [0.1, 0.15) is 24.0 Å². The Morgan fingerprint density at radius 1 is 1.07 bits per heavy atom. The first-order valence-corrected chi connectivity index (χ1v) is 9.83. The molecular formula is C22H25NO7. The molecule has 1 unspecified atom stereocenters. The van der Waals surface area contributed by atoms with E-state index >= 15 is 0 Å². The van der Waals surface area contributed by atoms with Crippen molar-refractivity contribution in [2.24, 2.45) is 0 Å². The first kappa shape index (κ1) is 21.9. The largest absolute Gasteiger partial charge is 0.476 e. The third kappa shape index (κ3) is 6.09. The van der Waals surface area contributed by atoms with Gasteiger partial charge in [0.15, 0.2) is 0 Å². The number of ether oxygens (including phenoxy) is 3. The second kappa shape index (κ2) is 10.8. The lowest BCUT2D eigenvalue weighted by atomic mass is 9.96. The highest BCUT2D eigenvalue weighted by Gasteiger charge is 2.45. The van der Waals surface area contributed by atoms with Crippen LogP contribution in [0, 0.1) is 10.1 Å². The van der Waals surface area contributed by atoms with Crippen LogP contribution in [0.4, 0.5) is 0 Å². The second-order valence-corrected chi connectivity index (χ2v) is 7.19. The highest BCUT2D eigenvalue weighted by Crippen LogP contribution is 2.27. The minimum Gasteiger partial charge on any atom is -0.476 e. The van der Waals surface area contributed by atoms with Crippen LogP contribution < -0.4 is 0 Å². The van der Waals surface area contributed by atoms with Gasteiger partial charge in [0, 0.05) is 4.92 Å². The zero-order valence-corrected chi connectivity index (χ0v) is 16.5. The predicted molar refractivity (Wildman–Crippen MR) is 107 cm³/mol. The third-order valence-electron chi connectivity index (χ3n) is 5.03. The molecule has 0 aliphatic carbocycles. The van der Waals surface area contributed by atoms with Gasteiger partial charge in [-0.05, 0) is 24.0 Å². The smallest absolute Gasteiger partial charge is 0.382 e. The first-order valence-electron chi connectivity index (χ1n) is 9.83. The lowest BCUT2D eigenvalue weighted by molar-refractivity contribution is -0.525. The first-order chi connectivity index (χ1) is 14.5. The van der Waals surface area contributed by atoms with Crippen molar-refractivity contribution >= 4 is 5.97 Å². The van der Waals surface area contributed by atoms with E-state index in [0.717, 1.165) is 11.1 Å². The second-order valence-electron chi connectivity index (χ2n) is 7.19. The summed E-state index contributed by atoms with van der Waals surface area (Å²) in [6.45, 7) is 0.871. The molecule has 0 spiro atoms. The molecular weight excluding hydrogens is 390 g/mol. The molecule has 1 saturated heterocycles. The number of aliphatic carboxylic acids is 1. The number of hydrogen-bond acceptors (Lipinski definition) is 6. The summed E-state index contributed by atoms with van der Waals surface area (Å²) < 4.78 is 17.6. The molecule has 8 nitrogen and oxygen atoms in total. The minimum absolute atomic E-state index is 0.148. The molecule has 0 bridgehead atoms. The van der Waals surface area contributed by atoms with Crippen molar-refractivity contribution in [3.05, 3.63) is 81.9 Å². The molecule has 1 N–H and O–H groups in total. The Labute approximate surface area is 174 Å². The van der Waals surface area contributed by atoms with Crippen molar-refractivity contribution in [1.82, 2.24) is 0 Å². The van der Waals surface area contributed by atoms with Crippen LogP contribution in [0.25, 0.3) is 0 Å². The molecule has 0 radical (unpaired) electrons. The molecule has 1 aliphatic heterocycles. The van der Waals surface area contributed by atoms with Gasteiger partial charge in [-0.15, -0.1) is 0 Å². The fourth-order valence-corrected chi connectivity index (χ4v) is 3.49. The molecule has 8 heteroatoms. The molecule has 0 amide bonds. The standard InChI is InChI=1S/C22H25NO7/c24-22(25)21(23(26)27)19-12-11-18(29-14-17-9-5-2-6-10-17)20(30-19)15-28-13-16-7-3-1-4-8-16/h1-10,18-21H,11-15H2,(H,24,25)/t18-,19-,20+,21?/m0/s1. The summed E-state index contributed by atoms with van der Waals surface area (Å²) in [5, 5.41) is 20.5. The van der Waals surface area contributed by atoms with Crippen molar-refractivity contribution in [2.45, 2.75) is 50.4 Å². The van der Waals surface area contributed by atoms with E-state index in [-0.39, 0.29) is 19.1 Å². The molecule has 2 aromatic rings. The number of carboxylic acids is 1. The van der Waals surface area contributed by atoms with Crippen molar-refractivity contribution in [3.8, 4) is 0 Å². The highest BCUT2D eigenvalue weighted by atomic mass is 16.6. The Hall–Kier alpha value is -2.81. The molecule has 1 heterocycles. The molecule has 30 heavy (non-hydrogen) atoms. The summed E-state index contributed by atoms with van der Waals surface area (Å²) in [4.78, 5) is 21.8. The maximum Gasteiger partial charge on any atom is 0.382 e. The fraction of sp³-hybridized carbons (Fsp3) is 0.409. The summed E-state index contributed by atoms with van der Waals surface area (Å²) in [7, 11) is 0. The number of hydrogen-bond donors (Lipinski definition) is 1. The van der Waals surface area contributed by atoms with Crippen LogP contribution in [0.5, 0.6) is 0 Å². The average Bonchev–Trinajstić information content (AvgIpc) is 2.74. The van der Waals surface area contributed by atoms with Crippen molar-refractivity contribution in [2.75, 3.05) is 6.61 Å². The van der Waals surface area contributed by atoms with Crippen LogP contribution in [0.2, 0.25) is 0 Å². The van der Waals surface area contributed by atoms with E-state index in [1.807, 2.05) is 60.7 Å². The number of rotatable bonds is 10. The topological polar surface area (TPSA) is 108 Å². The normalized spacial score (nSPS) is 22.3. The van der Waals surface area contributed by atoms with E-state index in [0.29, 0.717) is 19.6 Å². The molecule has 160 valence electrons. The Morgan fingerprint density at radius 2 is 1.67 bits per heavy atom. The Balaban J connectivity index is 1.64. The Kier molecular flexibility index (Phi) is 7.89. The van der Waals surface area contributed by atoms with E-state index in [1.54, 1.807) is 0 Å².